The average molecular weight is 381 g/mol. The SMILES string of the molecule is COc1ccc(-c2cc(COC(=O)COc3ccc(C(C)C)cc3)no2)cc1. The molecule has 1 heterocycles. The maximum atomic E-state index is 11.9. The van der Waals surface area contributed by atoms with E-state index in [1.807, 2.05) is 48.5 Å². The number of esters is 1. The fourth-order valence-electron chi connectivity index (χ4n) is 2.56. The van der Waals surface area contributed by atoms with Crippen LogP contribution in [0.4, 0.5) is 0 Å². The number of hydrogen-bond donors (Lipinski definition) is 0. The highest BCUT2D eigenvalue weighted by molar-refractivity contribution is 5.71. The van der Waals surface area contributed by atoms with Crippen LogP contribution < -0.4 is 9.47 Å². The van der Waals surface area contributed by atoms with Crippen molar-refractivity contribution in [1.29, 1.82) is 0 Å². The predicted octanol–water partition coefficient (Wildman–Crippen LogP) is 4.60. The molecular formula is C22H23NO5. The lowest BCUT2D eigenvalue weighted by molar-refractivity contribution is -0.147. The van der Waals surface area contributed by atoms with Crippen molar-refractivity contribution in [3.05, 3.63) is 65.9 Å². The first kappa shape index (κ1) is 19.5. The minimum atomic E-state index is -0.470. The highest BCUT2D eigenvalue weighted by atomic mass is 16.6. The molecule has 0 saturated carbocycles. The van der Waals surface area contributed by atoms with Crippen LogP contribution in [0.5, 0.6) is 11.5 Å². The van der Waals surface area contributed by atoms with E-state index in [0.717, 1.165) is 11.3 Å². The van der Waals surface area contributed by atoms with Gasteiger partial charge in [-0.05, 0) is 47.9 Å². The number of aromatic nitrogens is 1. The molecule has 0 saturated heterocycles. The second-order valence-electron chi connectivity index (χ2n) is 6.58. The van der Waals surface area contributed by atoms with Gasteiger partial charge in [0.2, 0.25) is 0 Å². The molecule has 0 radical (unpaired) electrons. The molecule has 0 unspecified atom stereocenters. The molecule has 0 amide bonds. The molecule has 6 nitrogen and oxygen atoms in total. The van der Waals surface area contributed by atoms with E-state index in [4.69, 9.17) is 18.7 Å². The third-order valence-corrected chi connectivity index (χ3v) is 4.22. The molecule has 3 aromatic rings. The van der Waals surface area contributed by atoms with E-state index >= 15 is 0 Å². The summed E-state index contributed by atoms with van der Waals surface area (Å²) < 4.78 is 21.1. The first-order valence-corrected chi connectivity index (χ1v) is 9.03. The summed E-state index contributed by atoms with van der Waals surface area (Å²) in [6, 6.07) is 16.8. The standard InChI is InChI=1S/C22H23NO5/c1-15(2)16-4-10-20(11-5-16)26-14-22(24)27-13-18-12-21(28-23-18)17-6-8-19(25-3)9-7-17/h4-12,15H,13-14H2,1-3H3. The topological polar surface area (TPSA) is 70.8 Å². The van der Waals surface area contributed by atoms with Crippen LogP contribution >= 0.6 is 0 Å². The lowest BCUT2D eigenvalue weighted by Gasteiger charge is -2.08. The van der Waals surface area contributed by atoms with Gasteiger partial charge >= 0.3 is 5.97 Å². The average Bonchev–Trinajstić information content (AvgIpc) is 3.20. The molecule has 0 spiro atoms. The maximum Gasteiger partial charge on any atom is 0.344 e. The summed E-state index contributed by atoms with van der Waals surface area (Å²) in [7, 11) is 1.61. The lowest BCUT2D eigenvalue weighted by atomic mass is 10.0. The summed E-state index contributed by atoms with van der Waals surface area (Å²) in [4.78, 5) is 11.9. The molecule has 28 heavy (non-hydrogen) atoms. The minimum absolute atomic E-state index is 0.0220. The first-order valence-electron chi connectivity index (χ1n) is 9.03. The van der Waals surface area contributed by atoms with E-state index in [0.29, 0.717) is 23.1 Å². The van der Waals surface area contributed by atoms with E-state index in [-0.39, 0.29) is 13.2 Å². The van der Waals surface area contributed by atoms with Crippen molar-refractivity contribution in [2.24, 2.45) is 0 Å². The van der Waals surface area contributed by atoms with Crippen molar-refractivity contribution in [2.75, 3.05) is 13.7 Å². The third kappa shape index (κ3) is 5.13. The molecule has 1 aromatic heterocycles. The Labute approximate surface area is 164 Å². The van der Waals surface area contributed by atoms with Crippen LogP contribution in [0.2, 0.25) is 0 Å². The summed E-state index contributed by atoms with van der Waals surface area (Å²) in [5.41, 5.74) is 2.60. The Balaban J connectivity index is 1.47. The van der Waals surface area contributed by atoms with E-state index in [1.54, 1.807) is 13.2 Å². The highest BCUT2D eigenvalue weighted by Crippen LogP contribution is 2.23. The number of rotatable bonds is 8. The van der Waals surface area contributed by atoms with Gasteiger partial charge in [-0.1, -0.05) is 31.1 Å². The molecule has 0 bridgehead atoms. The van der Waals surface area contributed by atoms with Crippen LogP contribution in [0.3, 0.4) is 0 Å². The van der Waals surface area contributed by atoms with Gasteiger partial charge < -0.3 is 18.7 Å². The second kappa shape index (κ2) is 9.08. The lowest BCUT2D eigenvalue weighted by Crippen LogP contribution is -2.14. The summed E-state index contributed by atoms with van der Waals surface area (Å²) >= 11 is 0. The zero-order valence-electron chi connectivity index (χ0n) is 16.2. The van der Waals surface area contributed by atoms with Crippen LogP contribution in [0, 0.1) is 0 Å². The van der Waals surface area contributed by atoms with Gasteiger partial charge in [0.15, 0.2) is 12.4 Å². The monoisotopic (exact) mass is 381 g/mol. The van der Waals surface area contributed by atoms with Crippen molar-refractivity contribution in [1.82, 2.24) is 5.16 Å². The fourth-order valence-corrected chi connectivity index (χ4v) is 2.56. The largest absolute Gasteiger partial charge is 0.497 e. The molecule has 0 aliphatic heterocycles. The van der Waals surface area contributed by atoms with Crippen molar-refractivity contribution >= 4 is 5.97 Å². The van der Waals surface area contributed by atoms with Crippen molar-refractivity contribution < 1.29 is 23.5 Å². The van der Waals surface area contributed by atoms with Gasteiger partial charge in [-0.2, -0.15) is 0 Å². The number of benzene rings is 2. The minimum Gasteiger partial charge on any atom is -0.497 e. The quantitative estimate of drug-likeness (QED) is 0.531. The zero-order valence-corrected chi connectivity index (χ0v) is 16.2. The summed E-state index contributed by atoms with van der Waals surface area (Å²) in [6.45, 7) is 4.10. The van der Waals surface area contributed by atoms with Gasteiger partial charge in [0.1, 0.15) is 23.8 Å². The Morgan fingerprint density at radius 1 is 1.04 bits per heavy atom. The smallest absolute Gasteiger partial charge is 0.344 e. The summed E-state index contributed by atoms with van der Waals surface area (Å²) in [5.74, 6) is 1.96. The normalized spacial score (nSPS) is 10.7. The van der Waals surface area contributed by atoms with Gasteiger partial charge in [0.25, 0.3) is 0 Å². The molecule has 0 fully saturated rings. The van der Waals surface area contributed by atoms with Crippen LogP contribution in [-0.2, 0) is 16.1 Å². The predicted molar refractivity (Wildman–Crippen MR) is 104 cm³/mol. The third-order valence-electron chi connectivity index (χ3n) is 4.22. The Morgan fingerprint density at radius 2 is 1.71 bits per heavy atom. The number of methoxy groups -OCH3 is 1. The van der Waals surface area contributed by atoms with Crippen LogP contribution in [0.25, 0.3) is 11.3 Å². The van der Waals surface area contributed by atoms with Crippen molar-refractivity contribution in [2.45, 2.75) is 26.4 Å². The van der Waals surface area contributed by atoms with Crippen LogP contribution in [-0.4, -0.2) is 24.8 Å². The number of nitrogens with zero attached hydrogens (tertiary/aromatic N) is 1. The highest BCUT2D eigenvalue weighted by Gasteiger charge is 2.10. The molecule has 3 rings (SSSR count). The van der Waals surface area contributed by atoms with Gasteiger partial charge in [-0.25, -0.2) is 4.79 Å². The molecule has 146 valence electrons. The zero-order chi connectivity index (χ0) is 19.9. The number of ether oxygens (including phenoxy) is 3. The Kier molecular flexibility index (Phi) is 6.32. The molecular weight excluding hydrogens is 358 g/mol. The maximum absolute atomic E-state index is 11.9. The summed E-state index contributed by atoms with van der Waals surface area (Å²) in [5, 5.41) is 3.93. The molecule has 0 atom stereocenters. The van der Waals surface area contributed by atoms with Crippen molar-refractivity contribution in [3.8, 4) is 22.8 Å². The number of carbonyl (C=O) groups excluding carboxylic acids is 1. The van der Waals surface area contributed by atoms with E-state index in [2.05, 4.69) is 19.0 Å². The Morgan fingerprint density at radius 3 is 2.36 bits per heavy atom. The Hall–Kier alpha value is -3.28. The first-order chi connectivity index (χ1) is 13.5. The Bertz CT molecular complexity index is 897. The molecule has 0 aliphatic rings. The van der Waals surface area contributed by atoms with E-state index in [1.165, 1.54) is 5.56 Å². The van der Waals surface area contributed by atoms with Gasteiger partial charge in [0, 0.05) is 11.6 Å². The number of carbonyl (C=O) groups is 1. The van der Waals surface area contributed by atoms with E-state index in [9.17, 15) is 4.79 Å². The van der Waals surface area contributed by atoms with E-state index < -0.39 is 5.97 Å². The van der Waals surface area contributed by atoms with Crippen molar-refractivity contribution in [3.63, 3.8) is 0 Å². The molecule has 6 heteroatoms. The fraction of sp³-hybridized carbons (Fsp3) is 0.273. The van der Waals surface area contributed by atoms with Crippen LogP contribution in [0.1, 0.15) is 31.0 Å². The molecule has 2 aromatic carbocycles. The van der Waals surface area contributed by atoms with Gasteiger partial charge in [-0.3, -0.25) is 0 Å². The number of hydrogen-bond acceptors (Lipinski definition) is 6. The second-order valence-corrected chi connectivity index (χ2v) is 6.58. The van der Waals surface area contributed by atoms with Crippen LogP contribution in [0.15, 0.2) is 59.1 Å². The molecule has 0 N–H and O–H groups in total. The van der Waals surface area contributed by atoms with Gasteiger partial charge in [-0.15, -0.1) is 0 Å². The van der Waals surface area contributed by atoms with Gasteiger partial charge in [0.05, 0.1) is 7.11 Å². The molecule has 0 aliphatic carbocycles. The summed E-state index contributed by atoms with van der Waals surface area (Å²) in [6.07, 6.45) is 0.